The Morgan fingerprint density at radius 2 is 1.96 bits per heavy atom. The van der Waals surface area contributed by atoms with Crippen molar-refractivity contribution in [2.45, 2.75) is 6.54 Å². The van der Waals surface area contributed by atoms with Crippen LogP contribution in [0, 0.1) is 10.1 Å². The molecule has 0 saturated carbocycles. The van der Waals surface area contributed by atoms with Crippen LogP contribution in [0.4, 0.5) is 11.4 Å². The van der Waals surface area contributed by atoms with Gasteiger partial charge < -0.3 is 10.2 Å². The van der Waals surface area contributed by atoms with E-state index in [4.69, 9.17) is 11.6 Å². The Bertz CT molecular complexity index is 753. The predicted molar refractivity (Wildman–Crippen MR) is 96.3 cm³/mol. The molecule has 2 rings (SSSR count). The summed E-state index contributed by atoms with van der Waals surface area (Å²) in [6, 6.07) is 11.9. The first kappa shape index (κ1) is 18.4. The highest BCUT2D eigenvalue weighted by Gasteiger charge is 2.14. The van der Waals surface area contributed by atoms with Crippen LogP contribution in [-0.2, 0) is 11.3 Å². The van der Waals surface area contributed by atoms with E-state index >= 15 is 0 Å². The quantitative estimate of drug-likeness (QED) is 0.565. The minimum atomic E-state index is -0.534. The van der Waals surface area contributed by atoms with Crippen LogP contribution in [-0.4, -0.2) is 24.4 Å². The Hall–Kier alpha value is -1.96. The Labute approximate surface area is 152 Å². The second kappa shape index (κ2) is 8.23. The van der Waals surface area contributed by atoms with E-state index in [0.29, 0.717) is 12.2 Å². The number of anilines is 1. The fourth-order valence-electron chi connectivity index (χ4n) is 2.20. The summed E-state index contributed by atoms with van der Waals surface area (Å²) in [6.07, 6.45) is 0. The number of likely N-dealkylation sites (N-methyl/N-ethyl adjacent to an activating group) is 1. The van der Waals surface area contributed by atoms with Crippen LogP contribution in [0.15, 0.2) is 46.9 Å². The standard InChI is InChI=1S/C16H15BrClN3O3/c1-20(9-11-2-4-12(17)5-3-11)10-16(22)19-15-7-6-13(21(23)24)8-14(15)18/h2-8H,9-10H2,1H3,(H,19,22)/p+1. The fraction of sp³-hybridized carbons (Fsp3) is 0.188. The van der Waals surface area contributed by atoms with Crippen LogP contribution in [0.3, 0.4) is 0 Å². The second-order valence-corrected chi connectivity index (χ2v) is 6.73. The number of benzene rings is 2. The van der Waals surface area contributed by atoms with Crippen molar-refractivity contribution >= 4 is 44.8 Å². The first-order valence-corrected chi connectivity index (χ1v) is 8.32. The van der Waals surface area contributed by atoms with E-state index in [1.165, 1.54) is 18.2 Å². The van der Waals surface area contributed by atoms with Crippen molar-refractivity contribution < 1.29 is 14.6 Å². The van der Waals surface area contributed by atoms with Crippen molar-refractivity contribution in [1.82, 2.24) is 0 Å². The van der Waals surface area contributed by atoms with Crippen molar-refractivity contribution in [3.8, 4) is 0 Å². The van der Waals surface area contributed by atoms with Crippen molar-refractivity contribution in [1.29, 1.82) is 0 Å². The summed E-state index contributed by atoms with van der Waals surface area (Å²) in [5.74, 6) is -0.208. The summed E-state index contributed by atoms with van der Waals surface area (Å²) in [6.45, 7) is 0.956. The highest BCUT2D eigenvalue weighted by atomic mass is 79.9. The lowest BCUT2D eigenvalue weighted by Gasteiger charge is -2.14. The molecule has 2 aromatic rings. The number of nitro benzene ring substituents is 1. The smallest absolute Gasteiger partial charge is 0.279 e. The number of hydrogen-bond donors (Lipinski definition) is 2. The zero-order valence-electron chi connectivity index (χ0n) is 12.9. The SMILES string of the molecule is C[NH+](CC(=O)Nc1ccc([N+](=O)[O-])cc1Cl)Cc1ccc(Br)cc1. The summed E-state index contributed by atoms with van der Waals surface area (Å²) in [7, 11) is 1.92. The van der Waals surface area contributed by atoms with Crippen LogP contribution in [0.1, 0.15) is 5.56 Å². The monoisotopic (exact) mass is 412 g/mol. The Kier molecular flexibility index (Phi) is 6.30. The molecule has 0 spiro atoms. The van der Waals surface area contributed by atoms with Gasteiger partial charge in [-0.1, -0.05) is 39.7 Å². The fourth-order valence-corrected chi connectivity index (χ4v) is 2.69. The summed E-state index contributed by atoms with van der Waals surface area (Å²) in [4.78, 5) is 23.3. The van der Waals surface area contributed by atoms with Gasteiger partial charge in [-0.25, -0.2) is 0 Å². The third-order valence-corrected chi connectivity index (χ3v) is 4.16. The highest BCUT2D eigenvalue weighted by molar-refractivity contribution is 9.10. The molecule has 2 N–H and O–H groups in total. The number of carbonyl (C=O) groups excluding carboxylic acids is 1. The highest BCUT2D eigenvalue weighted by Crippen LogP contribution is 2.26. The number of carbonyl (C=O) groups is 1. The van der Waals surface area contributed by atoms with Gasteiger partial charge in [-0.05, 0) is 18.2 Å². The molecule has 126 valence electrons. The van der Waals surface area contributed by atoms with Crippen molar-refractivity contribution in [3.63, 3.8) is 0 Å². The number of nitrogens with zero attached hydrogens (tertiary/aromatic N) is 1. The van der Waals surface area contributed by atoms with Crippen LogP contribution >= 0.6 is 27.5 Å². The normalized spacial score (nSPS) is 11.8. The van der Waals surface area contributed by atoms with Gasteiger partial charge >= 0.3 is 0 Å². The number of amides is 1. The summed E-state index contributed by atoms with van der Waals surface area (Å²) in [5, 5.41) is 13.5. The van der Waals surface area contributed by atoms with E-state index in [1.807, 2.05) is 31.3 Å². The predicted octanol–water partition coefficient (Wildman–Crippen LogP) is 2.66. The number of quaternary nitrogens is 1. The zero-order chi connectivity index (χ0) is 17.7. The largest absolute Gasteiger partial charge is 0.326 e. The van der Waals surface area contributed by atoms with Gasteiger partial charge in [0.05, 0.1) is 22.7 Å². The molecule has 2 aromatic carbocycles. The summed E-state index contributed by atoms with van der Waals surface area (Å²) >= 11 is 9.35. The molecule has 8 heteroatoms. The van der Waals surface area contributed by atoms with Gasteiger partial charge in [-0.15, -0.1) is 0 Å². The van der Waals surface area contributed by atoms with Gasteiger partial charge in [0, 0.05) is 22.2 Å². The lowest BCUT2D eigenvalue weighted by molar-refractivity contribution is -0.885. The molecule has 24 heavy (non-hydrogen) atoms. The van der Waals surface area contributed by atoms with Gasteiger partial charge in [0.2, 0.25) is 0 Å². The molecule has 0 aliphatic carbocycles. The molecule has 0 aliphatic rings. The molecular weight excluding hydrogens is 398 g/mol. The van der Waals surface area contributed by atoms with Gasteiger partial charge in [0.15, 0.2) is 6.54 Å². The number of halogens is 2. The summed E-state index contributed by atoms with van der Waals surface area (Å²) < 4.78 is 1.01. The number of non-ortho nitro benzene ring substituents is 1. The number of nitrogens with one attached hydrogen (secondary N) is 2. The maximum Gasteiger partial charge on any atom is 0.279 e. The van der Waals surface area contributed by atoms with E-state index in [-0.39, 0.29) is 23.2 Å². The first-order valence-electron chi connectivity index (χ1n) is 7.14. The molecule has 0 bridgehead atoms. The van der Waals surface area contributed by atoms with E-state index < -0.39 is 4.92 Å². The molecule has 1 unspecified atom stereocenters. The van der Waals surface area contributed by atoms with Gasteiger partial charge in [-0.2, -0.15) is 0 Å². The molecule has 0 heterocycles. The lowest BCUT2D eigenvalue weighted by Crippen LogP contribution is -3.08. The maximum atomic E-state index is 12.1. The van der Waals surface area contributed by atoms with Gasteiger partial charge in [0.25, 0.3) is 11.6 Å². The molecule has 1 amide bonds. The van der Waals surface area contributed by atoms with Crippen LogP contribution in [0.2, 0.25) is 5.02 Å². The topological polar surface area (TPSA) is 76.7 Å². The minimum Gasteiger partial charge on any atom is -0.326 e. The van der Waals surface area contributed by atoms with E-state index in [0.717, 1.165) is 14.9 Å². The molecule has 0 aliphatic heterocycles. The molecule has 1 atom stereocenters. The lowest BCUT2D eigenvalue weighted by atomic mass is 10.2. The average molecular weight is 414 g/mol. The Morgan fingerprint density at radius 3 is 2.54 bits per heavy atom. The molecule has 0 saturated heterocycles. The van der Waals surface area contributed by atoms with Crippen LogP contribution in [0.25, 0.3) is 0 Å². The average Bonchev–Trinajstić information content (AvgIpc) is 2.51. The van der Waals surface area contributed by atoms with E-state index in [9.17, 15) is 14.9 Å². The third kappa shape index (κ3) is 5.30. The zero-order valence-corrected chi connectivity index (χ0v) is 15.2. The molecule has 6 nitrogen and oxygen atoms in total. The first-order chi connectivity index (χ1) is 11.3. The Morgan fingerprint density at radius 1 is 1.29 bits per heavy atom. The molecule has 0 fully saturated rings. The third-order valence-electron chi connectivity index (χ3n) is 3.32. The van der Waals surface area contributed by atoms with Crippen molar-refractivity contribution in [2.24, 2.45) is 0 Å². The molecular formula is C16H16BrClN3O3+. The van der Waals surface area contributed by atoms with Crippen LogP contribution in [0.5, 0.6) is 0 Å². The number of nitro groups is 1. The number of rotatable bonds is 6. The summed E-state index contributed by atoms with van der Waals surface area (Å²) in [5.41, 5.74) is 1.37. The molecule has 0 radical (unpaired) electrons. The number of hydrogen-bond acceptors (Lipinski definition) is 3. The Balaban J connectivity index is 1.92. The van der Waals surface area contributed by atoms with E-state index in [1.54, 1.807) is 0 Å². The molecule has 0 aromatic heterocycles. The van der Waals surface area contributed by atoms with Crippen LogP contribution < -0.4 is 10.2 Å². The second-order valence-electron chi connectivity index (χ2n) is 5.41. The van der Waals surface area contributed by atoms with Gasteiger partial charge in [-0.3, -0.25) is 14.9 Å². The van der Waals surface area contributed by atoms with Crippen molar-refractivity contribution in [2.75, 3.05) is 18.9 Å². The minimum absolute atomic E-state index is 0.115. The van der Waals surface area contributed by atoms with Crippen molar-refractivity contribution in [3.05, 3.63) is 67.6 Å². The maximum absolute atomic E-state index is 12.1. The van der Waals surface area contributed by atoms with E-state index in [2.05, 4.69) is 21.2 Å². The van der Waals surface area contributed by atoms with Gasteiger partial charge in [0.1, 0.15) is 6.54 Å².